The van der Waals surface area contributed by atoms with Crippen LogP contribution in [0.4, 0.5) is 0 Å². The van der Waals surface area contributed by atoms with Crippen LogP contribution >= 0.6 is 0 Å². The zero-order valence-corrected chi connectivity index (χ0v) is 19.5. The molecule has 180 valence electrons. The van der Waals surface area contributed by atoms with Crippen molar-refractivity contribution < 1.29 is 14.3 Å². The number of ether oxygens (including phenoxy) is 1. The Hall–Kier alpha value is -4.21. The number of nitrogens with zero attached hydrogens (tertiary/aromatic N) is 4. The third-order valence-corrected chi connectivity index (χ3v) is 6.53. The van der Waals surface area contributed by atoms with Crippen LogP contribution in [0.2, 0.25) is 0 Å². The summed E-state index contributed by atoms with van der Waals surface area (Å²) in [6.07, 6.45) is 4.06. The van der Waals surface area contributed by atoms with E-state index >= 15 is 0 Å². The summed E-state index contributed by atoms with van der Waals surface area (Å²) in [5, 5.41) is 7.56. The van der Waals surface area contributed by atoms with Crippen molar-refractivity contribution in [2.24, 2.45) is 7.05 Å². The summed E-state index contributed by atoms with van der Waals surface area (Å²) >= 11 is 0. The summed E-state index contributed by atoms with van der Waals surface area (Å²) in [4.78, 5) is 51.9. The number of carbonyl (C=O) groups is 2. The molecule has 35 heavy (non-hydrogen) atoms. The summed E-state index contributed by atoms with van der Waals surface area (Å²) in [7, 11) is 3.02. The second-order valence-corrected chi connectivity index (χ2v) is 8.78. The topological polar surface area (TPSA) is 117 Å². The average molecular weight is 476 g/mol. The van der Waals surface area contributed by atoms with Crippen molar-refractivity contribution in [2.45, 2.75) is 38.3 Å². The van der Waals surface area contributed by atoms with Crippen LogP contribution in [-0.4, -0.2) is 43.6 Å². The summed E-state index contributed by atoms with van der Waals surface area (Å²) in [5.41, 5.74) is 0.0629. The second kappa shape index (κ2) is 8.86. The molecule has 1 fully saturated rings. The first-order valence-electron chi connectivity index (χ1n) is 11.5. The van der Waals surface area contributed by atoms with Crippen LogP contribution < -0.4 is 21.3 Å². The van der Waals surface area contributed by atoms with Gasteiger partial charge in [0.05, 0.1) is 18.0 Å². The van der Waals surface area contributed by atoms with Gasteiger partial charge < -0.3 is 10.1 Å². The minimum Gasteiger partial charge on any atom is -0.497 e. The fourth-order valence-electron chi connectivity index (χ4n) is 4.60. The highest BCUT2D eigenvalue weighted by Crippen LogP contribution is 2.19. The Morgan fingerprint density at radius 1 is 1.09 bits per heavy atom. The normalized spacial score (nSPS) is 14.0. The maximum absolute atomic E-state index is 13.3. The number of aryl methyl sites for hydroxylation is 1. The van der Waals surface area contributed by atoms with Gasteiger partial charge in [-0.15, -0.1) is 5.10 Å². The first kappa shape index (κ1) is 22.6. The van der Waals surface area contributed by atoms with Gasteiger partial charge in [-0.05, 0) is 43.2 Å². The van der Waals surface area contributed by atoms with Crippen molar-refractivity contribution in [3.05, 3.63) is 74.4 Å². The quantitative estimate of drug-likeness (QED) is 0.426. The van der Waals surface area contributed by atoms with E-state index in [0.29, 0.717) is 16.9 Å². The van der Waals surface area contributed by atoms with Crippen LogP contribution in [0, 0.1) is 0 Å². The van der Waals surface area contributed by atoms with Crippen LogP contribution in [0.15, 0.2) is 52.1 Å². The van der Waals surface area contributed by atoms with E-state index in [1.807, 2.05) is 0 Å². The second-order valence-electron chi connectivity index (χ2n) is 8.78. The number of rotatable bonds is 6. The van der Waals surface area contributed by atoms with E-state index in [4.69, 9.17) is 4.74 Å². The number of hydrogen-bond acceptors (Lipinski definition) is 6. The molecule has 1 amide bonds. The molecule has 10 heteroatoms. The molecule has 1 N–H and O–H groups in total. The van der Waals surface area contributed by atoms with E-state index in [0.717, 1.165) is 30.4 Å². The van der Waals surface area contributed by atoms with Crippen molar-refractivity contribution >= 4 is 28.4 Å². The highest BCUT2D eigenvalue weighted by molar-refractivity contribution is 5.98. The molecule has 1 aliphatic rings. The standard InChI is InChI=1S/C25H25N5O5/c1-28-23(33)19-11-10-16(22(32)26-17-7-3-4-8-17)13-20(19)30-24(28)27-29(25(30)34)14-21(31)15-6-5-9-18(12-15)35-2/h5-6,9-13,17H,3-4,7-8,14H2,1-2H3,(H,26,32). The number of carbonyl (C=O) groups excluding carboxylic acids is 2. The molecular formula is C25H25N5O5. The molecule has 10 nitrogen and oxygen atoms in total. The molecule has 2 aromatic carbocycles. The van der Waals surface area contributed by atoms with Gasteiger partial charge in [0, 0.05) is 24.2 Å². The number of nitrogens with one attached hydrogen (secondary N) is 1. The number of aromatic nitrogens is 4. The number of Topliss-reactive ketones (excluding diaryl/α,β-unsaturated/α-hetero) is 1. The van der Waals surface area contributed by atoms with Gasteiger partial charge in [-0.1, -0.05) is 25.0 Å². The SMILES string of the molecule is COc1cccc(C(=O)Cn2nc3n(C)c(=O)c4ccc(C(=O)NC5CCCC5)cc4n3c2=O)c1. The van der Waals surface area contributed by atoms with Gasteiger partial charge in [-0.3, -0.25) is 19.0 Å². The van der Waals surface area contributed by atoms with Gasteiger partial charge in [0.2, 0.25) is 5.78 Å². The maximum atomic E-state index is 13.3. The van der Waals surface area contributed by atoms with Crippen LogP contribution in [0.25, 0.3) is 16.7 Å². The summed E-state index contributed by atoms with van der Waals surface area (Å²) in [5.74, 6) is 0.0240. The number of methoxy groups -OCH3 is 1. The predicted molar refractivity (Wildman–Crippen MR) is 129 cm³/mol. The van der Waals surface area contributed by atoms with Crippen LogP contribution in [0.1, 0.15) is 46.4 Å². The molecule has 1 aliphatic carbocycles. The third kappa shape index (κ3) is 4.01. The molecule has 0 unspecified atom stereocenters. The predicted octanol–water partition coefficient (Wildman–Crippen LogP) is 1.91. The molecule has 0 bridgehead atoms. The van der Waals surface area contributed by atoms with Crippen LogP contribution in [-0.2, 0) is 13.6 Å². The van der Waals surface area contributed by atoms with E-state index in [2.05, 4.69) is 10.4 Å². The van der Waals surface area contributed by atoms with Crippen LogP contribution in [0.5, 0.6) is 5.75 Å². The fourth-order valence-corrected chi connectivity index (χ4v) is 4.60. The molecule has 0 atom stereocenters. The fraction of sp³-hybridized carbons (Fsp3) is 0.320. The van der Waals surface area contributed by atoms with Gasteiger partial charge in [-0.2, -0.15) is 0 Å². The van der Waals surface area contributed by atoms with Crippen molar-refractivity contribution in [1.29, 1.82) is 0 Å². The number of ketones is 1. The molecule has 1 saturated carbocycles. The lowest BCUT2D eigenvalue weighted by atomic mass is 10.1. The van der Waals surface area contributed by atoms with Crippen molar-refractivity contribution in [1.82, 2.24) is 24.1 Å². The zero-order valence-electron chi connectivity index (χ0n) is 19.5. The minimum absolute atomic E-state index is 0.0827. The lowest BCUT2D eigenvalue weighted by Crippen LogP contribution is -2.32. The molecule has 0 radical (unpaired) electrons. The van der Waals surface area contributed by atoms with E-state index in [1.165, 1.54) is 29.2 Å². The maximum Gasteiger partial charge on any atom is 0.352 e. The summed E-state index contributed by atoms with van der Waals surface area (Å²) in [6.45, 7) is -0.314. The molecule has 0 saturated heterocycles. The largest absolute Gasteiger partial charge is 0.497 e. The van der Waals surface area contributed by atoms with E-state index in [9.17, 15) is 19.2 Å². The summed E-state index contributed by atoms with van der Waals surface area (Å²) < 4.78 is 8.72. The number of hydrogen-bond donors (Lipinski definition) is 1. The Bertz CT molecular complexity index is 1590. The zero-order chi connectivity index (χ0) is 24.7. The minimum atomic E-state index is -0.579. The van der Waals surface area contributed by atoms with Crippen molar-refractivity contribution in [3.8, 4) is 5.75 Å². The van der Waals surface area contributed by atoms with E-state index in [1.54, 1.807) is 36.4 Å². The number of benzene rings is 2. The molecule has 4 aromatic rings. The Morgan fingerprint density at radius 2 is 1.86 bits per heavy atom. The molecular weight excluding hydrogens is 450 g/mol. The molecule has 5 rings (SSSR count). The first-order valence-corrected chi connectivity index (χ1v) is 11.5. The van der Waals surface area contributed by atoms with Crippen molar-refractivity contribution in [3.63, 3.8) is 0 Å². The Kier molecular flexibility index (Phi) is 5.72. The van der Waals surface area contributed by atoms with E-state index in [-0.39, 0.29) is 46.5 Å². The van der Waals surface area contributed by atoms with E-state index < -0.39 is 5.69 Å². The highest BCUT2D eigenvalue weighted by atomic mass is 16.5. The lowest BCUT2D eigenvalue weighted by molar-refractivity contribution is 0.0936. The van der Waals surface area contributed by atoms with Gasteiger partial charge in [0.25, 0.3) is 11.5 Å². The third-order valence-electron chi connectivity index (χ3n) is 6.53. The number of fused-ring (bicyclic) bond motifs is 3. The monoisotopic (exact) mass is 475 g/mol. The smallest absolute Gasteiger partial charge is 0.352 e. The van der Waals surface area contributed by atoms with Gasteiger partial charge in [0.1, 0.15) is 12.3 Å². The average Bonchev–Trinajstić information content (AvgIpc) is 3.50. The van der Waals surface area contributed by atoms with Crippen molar-refractivity contribution in [2.75, 3.05) is 7.11 Å². The summed E-state index contributed by atoms with van der Waals surface area (Å²) in [6, 6.07) is 11.4. The Labute approximate surface area is 199 Å². The van der Waals surface area contributed by atoms with Gasteiger partial charge in [-0.25, -0.2) is 13.9 Å². The molecule has 2 aromatic heterocycles. The molecule has 0 aliphatic heterocycles. The Morgan fingerprint density at radius 3 is 2.60 bits per heavy atom. The molecule has 0 spiro atoms. The van der Waals surface area contributed by atoms with Gasteiger partial charge in [0.15, 0.2) is 5.78 Å². The highest BCUT2D eigenvalue weighted by Gasteiger charge is 2.21. The van der Waals surface area contributed by atoms with Gasteiger partial charge >= 0.3 is 5.69 Å². The number of amides is 1. The lowest BCUT2D eigenvalue weighted by Gasteiger charge is -2.12. The molecule has 2 heterocycles. The Balaban J connectivity index is 1.58. The van der Waals surface area contributed by atoms with Crippen LogP contribution in [0.3, 0.4) is 0 Å². The first-order chi connectivity index (χ1) is 16.9.